The van der Waals surface area contributed by atoms with Crippen molar-refractivity contribution >= 4 is 11.7 Å². The fraction of sp³-hybridized carbons (Fsp3) is 0.500. The molecule has 3 nitrogen and oxygen atoms in total. The Balaban J connectivity index is 2.35. The molecule has 0 saturated heterocycles. The van der Waals surface area contributed by atoms with Crippen LogP contribution >= 0.6 is 0 Å². The number of carbonyl (C=O) groups is 2. The van der Waals surface area contributed by atoms with Gasteiger partial charge in [-0.15, -0.1) is 0 Å². The second-order valence-corrected chi connectivity index (χ2v) is 2.96. The molecule has 11 heavy (non-hydrogen) atoms. The first kappa shape index (κ1) is 6.58. The number of hydrogen-bond donors (Lipinski definition) is 1. The van der Waals surface area contributed by atoms with Crippen molar-refractivity contribution in [2.75, 3.05) is 0 Å². The van der Waals surface area contributed by atoms with Crippen LogP contribution in [0.5, 0.6) is 0 Å². The van der Waals surface area contributed by atoms with Crippen molar-refractivity contribution in [3.8, 4) is 0 Å². The summed E-state index contributed by atoms with van der Waals surface area (Å²) in [5.74, 6) is -0.114. The molecule has 3 heteroatoms. The van der Waals surface area contributed by atoms with E-state index in [1.54, 1.807) is 0 Å². The standard InChI is InChI=1S/C8H9NO2/c10-7-4-8(11)9-6-3-1-2-5(6)7/h1-4H2,(H,9,11). The zero-order chi connectivity index (χ0) is 7.84. The molecular formula is C8H9NO2. The lowest BCUT2D eigenvalue weighted by Crippen LogP contribution is -2.31. The number of amides is 1. The molecule has 58 valence electrons. The van der Waals surface area contributed by atoms with Crippen LogP contribution in [-0.2, 0) is 9.59 Å². The van der Waals surface area contributed by atoms with Gasteiger partial charge in [-0.2, -0.15) is 0 Å². The van der Waals surface area contributed by atoms with Crippen molar-refractivity contribution in [3.05, 3.63) is 11.3 Å². The minimum Gasteiger partial charge on any atom is -0.329 e. The molecule has 2 rings (SSSR count). The van der Waals surface area contributed by atoms with Crippen molar-refractivity contribution in [3.63, 3.8) is 0 Å². The molecule has 1 aliphatic carbocycles. The van der Waals surface area contributed by atoms with Gasteiger partial charge in [0.1, 0.15) is 0 Å². The van der Waals surface area contributed by atoms with Gasteiger partial charge in [-0.3, -0.25) is 9.59 Å². The van der Waals surface area contributed by atoms with E-state index in [4.69, 9.17) is 0 Å². The Hall–Kier alpha value is -1.12. The first-order chi connectivity index (χ1) is 5.27. The van der Waals surface area contributed by atoms with Gasteiger partial charge in [-0.25, -0.2) is 0 Å². The molecule has 0 aromatic rings. The molecule has 2 aliphatic rings. The summed E-state index contributed by atoms with van der Waals surface area (Å²) in [4.78, 5) is 22.0. The Labute approximate surface area is 64.5 Å². The summed E-state index contributed by atoms with van der Waals surface area (Å²) in [6, 6.07) is 0. The first-order valence-electron chi connectivity index (χ1n) is 3.82. The van der Waals surface area contributed by atoms with Gasteiger partial charge in [-0.1, -0.05) is 0 Å². The van der Waals surface area contributed by atoms with Crippen LogP contribution in [0.2, 0.25) is 0 Å². The molecule has 0 aromatic heterocycles. The average Bonchev–Trinajstić information content (AvgIpc) is 2.34. The summed E-state index contributed by atoms with van der Waals surface area (Å²) in [7, 11) is 0. The zero-order valence-corrected chi connectivity index (χ0v) is 6.14. The van der Waals surface area contributed by atoms with Crippen molar-refractivity contribution in [2.45, 2.75) is 25.7 Å². The Morgan fingerprint density at radius 1 is 1.18 bits per heavy atom. The van der Waals surface area contributed by atoms with E-state index >= 15 is 0 Å². The van der Waals surface area contributed by atoms with Crippen LogP contribution in [0.1, 0.15) is 25.7 Å². The normalized spacial score (nSPS) is 23.6. The molecule has 0 spiro atoms. The lowest BCUT2D eigenvalue weighted by molar-refractivity contribution is -0.127. The van der Waals surface area contributed by atoms with Crippen LogP contribution in [-0.4, -0.2) is 11.7 Å². The Morgan fingerprint density at radius 3 is 2.82 bits per heavy atom. The average molecular weight is 151 g/mol. The highest BCUT2D eigenvalue weighted by Gasteiger charge is 2.27. The van der Waals surface area contributed by atoms with Gasteiger partial charge in [0.05, 0.1) is 6.42 Å². The summed E-state index contributed by atoms with van der Waals surface area (Å²) >= 11 is 0. The predicted octanol–water partition coefficient (Wildman–Crippen LogP) is 0.513. The van der Waals surface area contributed by atoms with Gasteiger partial charge >= 0.3 is 0 Å². The molecule has 0 unspecified atom stereocenters. The quantitative estimate of drug-likeness (QED) is 0.513. The van der Waals surface area contributed by atoms with E-state index in [-0.39, 0.29) is 18.1 Å². The molecule has 1 heterocycles. The molecule has 0 radical (unpaired) electrons. The van der Waals surface area contributed by atoms with Crippen LogP contribution in [0.4, 0.5) is 0 Å². The fourth-order valence-corrected chi connectivity index (χ4v) is 1.65. The number of ketones is 1. The largest absolute Gasteiger partial charge is 0.329 e. The van der Waals surface area contributed by atoms with Crippen LogP contribution in [0, 0.1) is 0 Å². The number of Topliss-reactive ketones (excluding diaryl/α,β-unsaturated/α-hetero) is 1. The van der Waals surface area contributed by atoms with Crippen LogP contribution in [0.25, 0.3) is 0 Å². The highest BCUT2D eigenvalue weighted by molar-refractivity contribution is 6.10. The third-order valence-electron chi connectivity index (χ3n) is 2.17. The molecule has 0 saturated carbocycles. The van der Waals surface area contributed by atoms with E-state index in [0.717, 1.165) is 30.5 Å². The SMILES string of the molecule is O=C1CC(=O)C2=C(CCC2)N1. The highest BCUT2D eigenvalue weighted by Crippen LogP contribution is 2.27. The molecule has 1 amide bonds. The zero-order valence-electron chi connectivity index (χ0n) is 6.14. The van der Waals surface area contributed by atoms with Gasteiger partial charge in [0.15, 0.2) is 5.78 Å². The van der Waals surface area contributed by atoms with Crippen molar-refractivity contribution < 1.29 is 9.59 Å². The molecular weight excluding hydrogens is 142 g/mol. The summed E-state index contributed by atoms with van der Waals surface area (Å²) in [5.41, 5.74) is 1.75. The number of allylic oxidation sites excluding steroid dienone is 2. The van der Waals surface area contributed by atoms with E-state index in [1.807, 2.05) is 0 Å². The molecule has 1 N–H and O–H groups in total. The number of nitrogens with one attached hydrogen (secondary N) is 1. The van der Waals surface area contributed by atoms with E-state index in [9.17, 15) is 9.59 Å². The lowest BCUT2D eigenvalue weighted by Gasteiger charge is -2.13. The molecule has 0 aromatic carbocycles. The Morgan fingerprint density at radius 2 is 2.00 bits per heavy atom. The number of carbonyl (C=O) groups excluding carboxylic acids is 2. The summed E-state index contributed by atoms with van der Waals surface area (Å²) in [5, 5.41) is 2.73. The second-order valence-electron chi connectivity index (χ2n) is 2.96. The third-order valence-corrected chi connectivity index (χ3v) is 2.17. The number of rotatable bonds is 0. The summed E-state index contributed by atoms with van der Waals surface area (Å²) < 4.78 is 0. The maximum absolute atomic E-state index is 11.2. The van der Waals surface area contributed by atoms with Crippen LogP contribution < -0.4 is 5.32 Å². The Kier molecular flexibility index (Phi) is 1.31. The van der Waals surface area contributed by atoms with Crippen molar-refractivity contribution in [1.82, 2.24) is 5.32 Å². The maximum Gasteiger partial charge on any atom is 0.231 e. The monoisotopic (exact) mass is 151 g/mol. The molecule has 0 atom stereocenters. The van der Waals surface area contributed by atoms with E-state index in [0.29, 0.717) is 0 Å². The fourth-order valence-electron chi connectivity index (χ4n) is 1.65. The van der Waals surface area contributed by atoms with Gasteiger partial charge < -0.3 is 5.32 Å². The minimum atomic E-state index is -0.143. The predicted molar refractivity (Wildman–Crippen MR) is 38.6 cm³/mol. The molecule has 1 aliphatic heterocycles. The Bertz CT molecular complexity index is 265. The van der Waals surface area contributed by atoms with E-state index < -0.39 is 0 Å². The smallest absolute Gasteiger partial charge is 0.231 e. The van der Waals surface area contributed by atoms with Crippen molar-refractivity contribution in [1.29, 1.82) is 0 Å². The van der Waals surface area contributed by atoms with Crippen LogP contribution in [0.3, 0.4) is 0 Å². The summed E-state index contributed by atoms with van der Waals surface area (Å²) in [6.45, 7) is 0. The van der Waals surface area contributed by atoms with Gasteiger partial charge in [0.25, 0.3) is 0 Å². The molecule has 0 bridgehead atoms. The van der Waals surface area contributed by atoms with Gasteiger partial charge in [0.2, 0.25) is 5.91 Å². The number of hydrogen-bond acceptors (Lipinski definition) is 2. The first-order valence-corrected chi connectivity index (χ1v) is 3.82. The minimum absolute atomic E-state index is 0.0289. The van der Waals surface area contributed by atoms with Crippen molar-refractivity contribution in [2.24, 2.45) is 0 Å². The van der Waals surface area contributed by atoms with E-state index in [2.05, 4.69) is 5.32 Å². The van der Waals surface area contributed by atoms with Gasteiger partial charge in [0, 0.05) is 11.3 Å². The topological polar surface area (TPSA) is 46.2 Å². The van der Waals surface area contributed by atoms with Crippen LogP contribution in [0.15, 0.2) is 11.3 Å². The summed E-state index contributed by atoms with van der Waals surface area (Å²) in [6.07, 6.45) is 2.79. The second kappa shape index (κ2) is 2.19. The highest BCUT2D eigenvalue weighted by atomic mass is 16.2. The third kappa shape index (κ3) is 0.964. The molecule has 0 fully saturated rings. The van der Waals surface area contributed by atoms with E-state index in [1.165, 1.54) is 0 Å². The maximum atomic E-state index is 11.2. The van der Waals surface area contributed by atoms with Gasteiger partial charge in [-0.05, 0) is 19.3 Å². The lowest BCUT2D eigenvalue weighted by atomic mass is 10.0.